The average molecular weight is 398 g/mol. The van der Waals surface area contributed by atoms with Crippen molar-refractivity contribution in [3.05, 3.63) is 59.1 Å². The Morgan fingerprint density at radius 2 is 1.85 bits per heavy atom. The smallest absolute Gasteiger partial charge is 0.307 e. The third-order valence-corrected chi connectivity index (χ3v) is 5.06. The molecule has 0 aromatic heterocycles. The van der Waals surface area contributed by atoms with Gasteiger partial charge in [-0.15, -0.1) is 0 Å². The van der Waals surface area contributed by atoms with Crippen LogP contribution in [0.2, 0.25) is 5.02 Å². The van der Waals surface area contributed by atoms with E-state index in [1.807, 2.05) is 31.2 Å². The van der Waals surface area contributed by atoms with E-state index in [4.69, 9.17) is 21.1 Å². The number of halogens is 1. The molecule has 26 heavy (non-hydrogen) atoms. The Morgan fingerprint density at radius 3 is 2.54 bits per heavy atom. The summed E-state index contributed by atoms with van der Waals surface area (Å²) in [6.45, 7) is 2.23. The SMILES string of the molecule is Cc1ccc(OCCOC(=O)CCNS(=O)(=O)c2cccc(Cl)c2)cc1. The van der Waals surface area contributed by atoms with E-state index < -0.39 is 16.0 Å². The first-order chi connectivity index (χ1) is 12.4. The number of ether oxygens (including phenoxy) is 2. The summed E-state index contributed by atoms with van der Waals surface area (Å²) in [5.41, 5.74) is 1.13. The maximum Gasteiger partial charge on any atom is 0.307 e. The highest BCUT2D eigenvalue weighted by atomic mass is 35.5. The number of esters is 1. The number of aryl methyl sites for hydroxylation is 1. The molecule has 0 fully saturated rings. The fourth-order valence-electron chi connectivity index (χ4n) is 2.03. The predicted octanol–water partition coefficient (Wildman–Crippen LogP) is 2.94. The molecule has 0 unspecified atom stereocenters. The van der Waals surface area contributed by atoms with Gasteiger partial charge in [0.25, 0.3) is 0 Å². The molecular weight excluding hydrogens is 378 g/mol. The van der Waals surface area contributed by atoms with Crippen molar-refractivity contribution >= 4 is 27.6 Å². The largest absolute Gasteiger partial charge is 0.490 e. The summed E-state index contributed by atoms with van der Waals surface area (Å²) in [5, 5.41) is 0.320. The van der Waals surface area contributed by atoms with Crippen LogP contribution in [0.25, 0.3) is 0 Å². The average Bonchev–Trinajstić information content (AvgIpc) is 2.60. The van der Waals surface area contributed by atoms with Crippen LogP contribution in [0.15, 0.2) is 53.4 Å². The highest BCUT2D eigenvalue weighted by Gasteiger charge is 2.14. The number of nitrogens with one attached hydrogen (secondary N) is 1. The van der Waals surface area contributed by atoms with E-state index in [-0.39, 0.29) is 31.1 Å². The molecule has 0 saturated carbocycles. The Labute approximate surface area is 158 Å². The summed E-state index contributed by atoms with van der Waals surface area (Å²) >= 11 is 5.78. The maximum absolute atomic E-state index is 12.1. The molecule has 0 aliphatic carbocycles. The molecule has 6 nitrogen and oxygen atoms in total. The minimum absolute atomic E-state index is 0.0462. The first-order valence-corrected chi connectivity index (χ1v) is 9.83. The molecule has 1 N–H and O–H groups in total. The molecule has 0 bridgehead atoms. The molecule has 0 spiro atoms. The number of hydrogen-bond acceptors (Lipinski definition) is 5. The number of carbonyl (C=O) groups is 1. The van der Waals surface area contributed by atoms with Crippen LogP contribution in [0.4, 0.5) is 0 Å². The molecule has 2 aromatic carbocycles. The van der Waals surface area contributed by atoms with Gasteiger partial charge in [-0.3, -0.25) is 4.79 Å². The third kappa shape index (κ3) is 6.67. The fraction of sp³-hybridized carbons (Fsp3) is 0.278. The zero-order chi connectivity index (χ0) is 19.0. The zero-order valence-corrected chi connectivity index (χ0v) is 15.8. The minimum atomic E-state index is -3.71. The maximum atomic E-state index is 12.1. The lowest BCUT2D eigenvalue weighted by atomic mass is 10.2. The van der Waals surface area contributed by atoms with Crippen molar-refractivity contribution < 1.29 is 22.7 Å². The number of carbonyl (C=O) groups excluding carboxylic acids is 1. The van der Waals surface area contributed by atoms with Crippen molar-refractivity contribution in [1.82, 2.24) is 4.72 Å². The van der Waals surface area contributed by atoms with Crippen LogP contribution < -0.4 is 9.46 Å². The quantitative estimate of drug-likeness (QED) is 0.519. The van der Waals surface area contributed by atoms with Crippen LogP contribution in [-0.4, -0.2) is 34.1 Å². The van der Waals surface area contributed by atoms with Crippen molar-refractivity contribution in [3.63, 3.8) is 0 Å². The van der Waals surface area contributed by atoms with Gasteiger partial charge in [-0.2, -0.15) is 0 Å². The van der Waals surface area contributed by atoms with Gasteiger partial charge in [0, 0.05) is 11.6 Å². The topological polar surface area (TPSA) is 81.7 Å². The fourth-order valence-corrected chi connectivity index (χ4v) is 3.36. The number of hydrogen-bond donors (Lipinski definition) is 1. The predicted molar refractivity (Wildman–Crippen MR) is 98.9 cm³/mol. The Bertz CT molecular complexity index is 837. The second-order valence-electron chi connectivity index (χ2n) is 5.49. The van der Waals surface area contributed by atoms with Crippen LogP contribution in [-0.2, 0) is 19.6 Å². The third-order valence-electron chi connectivity index (χ3n) is 3.36. The highest BCUT2D eigenvalue weighted by Crippen LogP contribution is 2.15. The Hall–Kier alpha value is -2.09. The van der Waals surface area contributed by atoms with Gasteiger partial charge in [-0.1, -0.05) is 35.4 Å². The summed E-state index contributed by atoms with van der Waals surface area (Å²) in [4.78, 5) is 11.7. The monoisotopic (exact) mass is 397 g/mol. The minimum Gasteiger partial charge on any atom is -0.490 e. The molecule has 8 heteroatoms. The lowest BCUT2D eigenvalue weighted by molar-refractivity contribution is -0.144. The van der Waals surface area contributed by atoms with Gasteiger partial charge in [0.05, 0.1) is 11.3 Å². The molecule has 0 aliphatic heterocycles. The zero-order valence-electron chi connectivity index (χ0n) is 14.3. The highest BCUT2D eigenvalue weighted by molar-refractivity contribution is 7.89. The van der Waals surface area contributed by atoms with E-state index in [0.29, 0.717) is 10.8 Å². The van der Waals surface area contributed by atoms with Gasteiger partial charge in [0.2, 0.25) is 10.0 Å². The van der Waals surface area contributed by atoms with Crippen LogP contribution in [0, 0.1) is 6.92 Å². The Balaban J connectivity index is 1.66. The van der Waals surface area contributed by atoms with E-state index in [1.54, 1.807) is 12.1 Å². The van der Waals surface area contributed by atoms with Crippen molar-refractivity contribution in [2.24, 2.45) is 0 Å². The number of rotatable bonds is 9. The molecule has 140 valence electrons. The lowest BCUT2D eigenvalue weighted by Crippen LogP contribution is -2.27. The Morgan fingerprint density at radius 1 is 1.12 bits per heavy atom. The first-order valence-electron chi connectivity index (χ1n) is 7.97. The van der Waals surface area contributed by atoms with Gasteiger partial charge in [0.15, 0.2) is 0 Å². The van der Waals surface area contributed by atoms with Gasteiger partial charge < -0.3 is 9.47 Å². The number of benzene rings is 2. The summed E-state index contributed by atoms with van der Waals surface area (Å²) in [6.07, 6.45) is -0.0790. The number of sulfonamides is 1. The standard InChI is InChI=1S/C18H20ClNO5S/c1-14-5-7-16(8-6-14)24-11-12-25-18(21)9-10-20-26(22,23)17-4-2-3-15(19)13-17/h2-8,13,20H,9-12H2,1H3. The van der Waals surface area contributed by atoms with Crippen LogP contribution in [0.1, 0.15) is 12.0 Å². The van der Waals surface area contributed by atoms with Gasteiger partial charge >= 0.3 is 5.97 Å². The molecule has 0 heterocycles. The van der Waals surface area contributed by atoms with Crippen molar-refractivity contribution in [2.45, 2.75) is 18.2 Å². The van der Waals surface area contributed by atoms with Crippen molar-refractivity contribution in [3.8, 4) is 5.75 Å². The van der Waals surface area contributed by atoms with E-state index in [0.717, 1.165) is 5.56 Å². The van der Waals surface area contributed by atoms with Gasteiger partial charge in [-0.05, 0) is 37.3 Å². The van der Waals surface area contributed by atoms with E-state index >= 15 is 0 Å². The van der Waals surface area contributed by atoms with Crippen molar-refractivity contribution in [2.75, 3.05) is 19.8 Å². The molecule has 0 amide bonds. The molecule has 2 rings (SSSR count). The second kappa shape index (κ2) is 9.56. The van der Waals surface area contributed by atoms with E-state index in [1.165, 1.54) is 12.1 Å². The summed E-state index contributed by atoms with van der Waals surface area (Å²) in [5.74, 6) is 0.187. The van der Waals surface area contributed by atoms with Crippen LogP contribution in [0.5, 0.6) is 5.75 Å². The molecular formula is C18H20ClNO5S. The van der Waals surface area contributed by atoms with E-state index in [2.05, 4.69) is 4.72 Å². The summed E-state index contributed by atoms with van der Waals surface area (Å²) in [7, 11) is -3.71. The molecule has 0 atom stereocenters. The molecule has 0 aliphatic rings. The van der Waals surface area contributed by atoms with Gasteiger partial charge in [-0.25, -0.2) is 13.1 Å². The molecule has 0 saturated heterocycles. The Kier molecular flexibility index (Phi) is 7.44. The van der Waals surface area contributed by atoms with Gasteiger partial charge in [0.1, 0.15) is 19.0 Å². The molecule has 2 aromatic rings. The van der Waals surface area contributed by atoms with Crippen LogP contribution in [0.3, 0.4) is 0 Å². The second-order valence-corrected chi connectivity index (χ2v) is 7.69. The normalized spacial score (nSPS) is 11.2. The van der Waals surface area contributed by atoms with Crippen molar-refractivity contribution in [1.29, 1.82) is 0 Å². The first kappa shape index (κ1) is 20.2. The molecule has 0 radical (unpaired) electrons. The summed E-state index contributed by atoms with van der Waals surface area (Å²) < 4.78 is 36.9. The summed E-state index contributed by atoms with van der Waals surface area (Å²) in [6, 6.07) is 13.4. The lowest BCUT2D eigenvalue weighted by Gasteiger charge is -2.09. The van der Waals surface area contributed by atoms with E-state index in [9.17, 15) is 13.2 Å². The van der Waals surface area contributed by atoms with Crippen LogP contribution >= 0.6 is 11.6 Å².